The summed E-state index contributed by atoms with van der Waals surface area (Å²) in [5.74, 6) is -0.758. The molecule has 0 amide bonds. The van der Waals surface area contributed by atoms with E-state index in [1.165, 1.54) is 12.8 Å². The molecule has 1 N–H and O–H groups in total. The fourth-order valence-corrected chi connectivity index (χ4v) is 3.40. The van der Waals surface area contributed by atoms with Crippen molar-refractivity contribution in [2.75, 3.05) is 13.1 Å². The summed E-state index contributed by atoms with van der Waals surface area (Å²) in [7, 11) is 0. The van der Waals surface area contributed by atoms with Crippen LogP contribution in [0.3, 0.4) is 0 Å². The van der Waals surface area contributed by atoms with Crippen molar-refractivity contribution in [1.82, 2.24) is 4.90 Å². The molecule has 0 spiro atoms. The Morgan fingerprint density at radius 2 is 1.89 bits per heavy atom. The summed E-state index contributed by atoms with van der Waals surface area (Å²) in [6, 6.07) is 5.37. The van der Waals surface area contributed by atoms with E-state index in [-0.39, 0.29) is 0 Å². The topological polar surface area (TPSA) is 40.5 Å². The van der Waals surface area contributed by atoms with E-state index >= 15 is 0 Å². The Morgan fingerprint density at radius 1 is 1.26 bits per heavy atom. The summed E-state index contributed by atoms with van der Waals surface area (Å²) in [6.45, 7) is 3.75. The normalized spacial score (nSPS) is 18.8. The number of carboxylic acids is 1. The maximum Gasteiger partial charge on any atom is 0.325 e. The SMILES string of the molecule is Cc1ccc(C(C(=O)O)N2CCCCCC2)c(Br)c1. The van der Waals surface area contributed by atoms with E-state index in [1.807, 2.05) is 25.1 Å². The molecule has 0 bridgehead atoms. The molecule has 0 aromatic heterocycles. The van der Waals surface area contributed by atoms with Crippen molar-refractivity contribution in [1.29, 1.82) is 0 Å². The Kier molecular flexibility index (Phi) is 4.99. The molecule has 4 heteroatoms. The zero-order valence-corrected chi connectivity index (χ0v) is 12.8. The minimum atomic E-state index is -0.758. The zero-order valence-electron chi connectivity index (χ0n) is 11.2. The van der Waals surface area contributed by atoms with Crippen LogP contribution in [0.25, 0.3) is 0 Å². The van der Waals surface area contributed by atoms with Crippen LogP contribution < -0.4 is 0 Å². The van der Waals surface area contributed by atoms with E-state index in [2.05, 4.69) is 20.8 Å². The average Bonchev–Trinajstić information content (AvgIpc) is 2.61. The molecular weight excluding hydrogens is 306 g/mol. The third kappa shape index (κ3) is 3.57. The molecule has 3 nitrogen and oxygen atoms in total. The van der Waals surface area contributed by atoms with Crippen LogP contribution in [-0.4, -0.2) is 29.1 Å². The van der Waals surface area contributed by atoms with Crippen LogP contribution in [0.4, 0.5) is 0 Å². The van der Waals surface area contributed by atoms with E-state index in [0.717, 1.165) is 41.5 Å². The number of aliphatic carboxylic acids is 1. The number of nitrogens with zero attached hydrogens (tertiary/aromatic N) is 1. The zero-order chi connectivity index (χ0) is 13.8. The lowest BCUT2D eigenvalue weighted by Gasteiger charge is -2.28. The second-order valence-electron chi connectivity index (χ2n) is 5.22. The lowest BCUT2D eigenvalue weighted by molar-refractivity contribution is -0.143. The summed E-state index contributed by atoms with van der Waals surface area (Å²) in [6.07, 6.45) is 4.59. The van der Waals surface area contributed by atoms with Crippen LogP contribution in [0.2, 0.25) is 0 Å². The Morgan fingerprint density at radius 3 is 2.42 bits per heavy atom. The highest BCUT2D eigenvalue weighted by Crippen LogP contribution is 2.30. The molecule has 1 fully saturated rings. The van der Waals surface area contributed by atoms with Gasteiger partial charge in [0.25, 0.3) is 0 Å². The minimum absolute atomic E-state index is 0.534. The van der Waals surface area contributed by atoms with Crippen molar-refractivity contribution >= 4 is 21.9 Å². The highest BCUT2D eigenvalue weighted by atomic mass is 79.9. The number of benzene rings is 1. The van der Waals surface area contributed by atoms with Gasteiger partial charge in [0.15, 0.2) is 0 Å². The van der Waals surface area contributed by atoms with Crippen molar-refractivity contribution in [2.24, 2.45) is 0 Å². The predicted molar refractivity (Wildman–Crippen MR) is 79.3 cm³/mol. The maximum absolute atomic E-state index is 11.7. The molecule has 1 aliphatic heterocycles. The van der Waals surface area contributed by atoms with Gasteiger partial charge in [0.1, 0.15) is 6.04 Å². The van der Waals surface area contributed by atoms with Crippen molar-refractivity contribution < 1.29 is 9.90 Å². The van der Waals surface area contributed by atoms with Gasteiger partial charge in [0.2, 0.25) is 0 Å². The first-order valence-electron chi connectivity index (χ1n) is 6.82. The van der Waals surface area contributed by atoms with E-state index in [1.54, 1.807) is 0 Å². The van der Waals surface area contributed by atoms with Crippen LogP contribution in [0.1, 0.15) is 42.9 Å². The molecule has 1 aromatic rings. The molecule has 1 atom stereocenters. The smallest absolute Gasteiger partial charge is 0.325 e. The molecule has 19 heavy (non-hydrogen) atoms. The molecular formula is C15H20BrNO2. The van der Waals surface area contributed by atoms with Crippen molar-refractivity contribution in [3.63, 3.8) is 0 Å². The summed E-state index contributed by atoms with van der Waals surface area (Å²) in [5, 5.41) is 9.60. The molecule has 1 saturated heterocycles. The average molecular weight is 326 g/mol. The van der Waals surface area contributed by atoms with Gasteiger partial charge in [-0.2, -0.15) is 0 Å². The molecule has 0 saturated carbocycles. The van der Waals surface area contributed by atoms with E-state index in [0.29, 0.717) is 0 Å². The van der Waals surface area contributed by atoms with Gasteiger partial charge in [-0.05, 0) is 50.0 Å². The van der Waals surface area contributed by atoms with Crippen LogP contribution in [0.15, 0.2) is 22.7 Å². The van der Waals surface area contributed by atoms with Gasteiger partial charge in [0, 0.05) is 4.47 Å². The number of likely N-dealkylation sites (tertiary alicyclic amines) is 1. The van der Waals surface area contributed by atoms with Crippen molar-refractivity contribution in [2.45, 2.75) is 38.6 Å². The largest absolute Gasteiger partial charge is 0.480 e. The fourth-order valence-electron chi connectivity index (χ4n) is 2.69. The van der Waals surface area contributed by atoms with E-state index in [4.69, 9.17) is 0 Å². The van der Waals surface area contributed by atoms with Crippen LogP contribution in [0, 0.1) is 6.92 Å². The lowest BCUT2D eigenvalue weighted by atomic mass is 10.0. The molecule has 2 rings (SSSR count). The van der Waals surface area contributed by atoms with Crippen LogP contribution in [-0.2, 0) is 4.79 Å². The molecule has 104 valence electrons. The third-order valence-corrected chi connectivity index (χ3v) is 4.38. The van der Waals surface area contributed by atoms with Gasteiger partial charge < -0.3 is 5.11 Å². The van der Waals surface area contributed by atoms with E-state index < -0.39 is 12.0 Å². The summed E-state index contributed by atoms with van der Waals surface area (Å²) in [5.41, 5.74) is 2.00. The standard InChI is InChI=1S/C15H20BrNO2/c1-11-6-7-12(13(16)10-11)14(15(18)19)17-8-4-2-3-5-9-17/h6-7,10,14H,2-5,8-9H2,1H3,(H,18,19). The number of halogens is 1. The number of aryl methyl sites for hydroxylation is 1. The third-order valence-electron chi connectivity index (χ3n) is 3.69. The molecule has 1 aromatic carbocycles. The van der Waals surface area contributed by atoms with Gasteiger partial charge in [-0.25, -0.2) is 0 Å². The summed E-state index contributed by atoms with van der Waals surface area (Å²) >= 11 is 3.51. The predicted octanol–water partition coefficient (Wildman–Crippen LogP) is 3.76. The molecule has 0 aliphatic carbocycles. The second-order valence-corrected chi connectivity index (χ2v) is 6.07. The fraction of sp³-hybridized carbons (Fsp3) is 0.533. The Labute approximate surface area is 122 Å². The van der Waals surface area contributed by atoms with Crippen LogP contribution in [0.5, 0.6) is 0 Å². The quantitative estimate of drug-likeness (QED) is 0.919. The highest BCUT2D eigenvalue weighted by molar-refractivity contribution is 9.10. The highest BCUT2D eigenvalue weighted by Gasteiger charge is 2.29. The first-order chi connectivity index (χ1) is 9.09. The second kappa shape index (κ2) is 6.53. The Balaban J connectivity index is 2.30. The Bertz CT molecular complexity index is 453. The molecule has 1 heterocycles. The summed E-state index contributed by atoms with van der Waals surface area (Å²) < 4.78 is 0.893. The number of carbonyl (C=O) groups is 1. The summed E-state index contributed by atoms with van der Waals surface area (Å²) in [4.78, 5) is 13.8. The van der Waals surface area contributed by atoms with Gasteiger partial charge in [0.05, 0.1) is 0 Å². The Hall–Kier alpha value is -0.870. The van der Waals surface area contributed by atoms with Gasteiger partial charge >= 0.3 is 5.97 Å². The molecule has 0 radical (unpaired) electrons. The first-order valence-corrected chi connectivity index (χ1v) is 7.62. The minimum Gasteiger partial charge on any atom is -0.480 e. The van der Waals surface area contributed by atoms with Crippen LogP contribution >= 0.6 is 15.9 Å². The first kappa shape index (κ1) is 14.5. The number of rotatable bonds is 3. The van der Waals surface area contributed by atoms with E-state index in [9.17, 15) is 9.90 Å². The molecule has 1 unspecified atom stereocenters. The van der Waals surface area contributed by atoms with Crippen molar-refractivity contribution in [3.05, 3.63) is 33.8 Å². The lowest BCUT2D eigenvalue weighted by Crippen LogP contribution is -2.35. The number of hydrogen-bond acceptors (Lipinski definition) is 2. The van der Waals surface area contributed by atoms with Gasteiger partial charge in [-0.1, -0.05) is 40.9 Å². The van der Waals surface area contributed by atoms with Gasteiger partial charge in [-0.15, -0.1) is 0 Å². The van der Waals surface area contributed by atoms with Crippen molar-refractivity contribution in [3.8, 4) is 0 Å². The van der Waals surface area contributed by atoms with Gasteiger partial charge in [-0.3, -0.25) is 9.69 Å². The monoisotopic (exact) mass is 325 g/mol. The number of carboxylic acid groups (broad SMARTS) is 1. The molecule has 1 aliphatic rings. The number of hydrogen-bond donors (Lipinski definition) is 1. The maximum atomic E-state index is 11.7.